The Morgan fingerprint density at radius 3 is 2.30 bits per heavy atom. The van der Waals surface area contributed by atoms with E-state index < -0.39 is 0 Å². The van der Waals surface area contributed by atoms with E-state index in [4.69, 9.17) is 34.8 Å². The Balaban J connectivity index is 1.80. The van der Waals surface area contributed by atoms with Crippen molar-refractivity contribution in [2.45, 2.75) is 10.9 Å². The first-order valence-corrected chi connectivity index (χ1v) is 8.75. The molecule has 0 unspecified atom stereocenters. The lowest BCUT2D eigenvalue weighted by atomic mass is 10.2. The Morgan fingerprint density at radius 1 is 1.00 bits per heavy atom. The van der Waals surface area contributed by atoms with E-state index >= 15 is 0 Å². The van der Waals surface area contributed by atoms with E-state index in [1.807, 2.05) is 35.9 Å². The molecule has 0 saturated heterocycles. The summed E-state index contributed by atoms with van der Waals surface area (Å²) in [6.45, 7) is 0. The molecule has 1 aromatic carbocycles. The third kappa shape index (κ3) is 3.98. The molecule has 0 atom stereocenters. The maximum atomic E-state index is 5.94. The largest absolute Gasteiger partial charge is 0.305 e. The van der Waals surface area contributed by atoms with Crippen LogP contribution in [0.25, 0.3) is 11.4 Å². The van der Waals surface area contributed by atoms with Crippen molar-refractivity contribution in [2.75, 3.05) is 0 Å². The standard InChI is InChI=1S/C15H11Cl3N4S/c1-22-14(10-6-12(17)19-13(18)7-10)20-21-15(22)23-8-9-2-4-11(16)5-3-9/h2-7H,8H2,1H3. The highest BCUT2D eigenvalue weighted by molar-refractivity contribution is 7.98. The number of pyridine rings is 1. The first-order chi connectivity index (χ1) is 11.0. The molecule has 0 spiro atoms. The topological polar surface area (TPSA) is 43.6 Å². The number of rotatable bonds is 4. The summed E-state index contributed by atoms with van der Waals surface area (Å²) in [5.41, 5.74) is 1.95. The molecule has 0 amide bonds. The second-order valence-electron chi connectivity index (χ2n) is 4.78. The minimum Gasteiger partial charge on any atom is -0.305 e. The van der Waals surface area contributed by atoms with Gasteiger partial charge in [0.15, 0.2) is 11.0 Å². The molecule has 3 rings (SSSR count). The molecule has 0 aliphatic rings. The zero-order chi connectivity index (χ0) is 16.4. The van der Waals surface area contributed by atoms with E-state index in [9.17, 15) is 0 Å². The lowest BCUT2D eigenvalue weighted by molar-refractivity contribution is 0.793. The minimum atomic E-state index is 0.325. The molecule has 8 heteroatoms. The van der Waals surface area contributed by atoms with Gasteiger partial charge in [0, 0.05) is 23.4 Å². The molecular weight excluding hydrogens is 375 g/mol. The second kappa shape index (κ2) is 7.09. The number of nitrogens with zero attached hydrogens (tertiary/aromatic N) is 4. The van der Waals surface area contributed by atoms with Gasteiger partial charge in [-0.1, -0.05) is 58.7 Å². The lowest BCUT2D eigenvalue weighted by Gasteiger charge is -2.05. The minimum absolute atomic E-state index is 0.325. The molecule has 0 bridgehead atoms. The van der Waals surface area contributed by atoms with E-state index in [1.165, 1.54) is 5.56 Å². The summed E-state index contributed by atoms with van der Waals surface area (Å²) in [6.07, 6.45) is 0. The first kappa shape index (κ1) is 16.6. The summed E-state index contributed by atoms with van der Waals surface area (Å²) in [4.78, 5) is 3.94. The first-order valence-electron chi connectivity index (χ1n) is 6.63. The highest BCUT2D eigenvalue weighted by Crippen LogP contribution is 2.27. The van der Waals surface area contributed by atoms with Crippen LogP contribution in [0.15, 0.2) is 41.6 Å². The SMILES string of the molecule is Cn1c(SCc2ccc(Cl)cc2)nnc1-c1cc(Cl)nc(Cl)c1. The van der Waals surface area contributed by atoms with E-state index in [1.54, 1.807) is 23.9 Å². The fourth-order valence-corrected chi connectivity index (χ4v) is 3.47. The van der Waals surface area contributed by atoms with Crippen LogP contribution in [0.3, 0.4) is 0 Å². The molecule has 118 valence electrons. The fraction of sp³-hybridized carbons (Fsp3) is 0.133. The van der Waals surface area contributed by atoms with Crippen LogP contribution in [0, 0.1) is 0 Å². The summed E-state index contributed by atoms with van der Waals surface area (Å²) < 4.78 is 1.91. The smallest absolute Gasteiger partial charge is 0.191 e. The third-order valence-corrected chi connectivity index (χ3v) is 4.87. The zero-order valence-corrected chi connectivity index (χ0v) is 15.1. The molecule has 0 radical (unpaired) electrons. The van der Waals surface area contributed by atoms with Gasteiger partial charge in [-0.05, 0) is 29.8 Å². The Bertz CT molecular complexity index is 813. The summed E-state index contributed by atoms with van der Waals surface area (Å²) in [7, 11) is 1.90. The van der Waals surface area contributed by atoms with Crippen LogP contribution in [-0.4, -0.2) is 19.7 Å². The maximum absolute atomic E-state index is 5.94. The van der Waals surface area contributed by atoms with Gasteiger partial charge in [-0.15, -0.1) is 10.2 Å². The summed E-state index contributed by atoms with van der Waals surface area (Å²) in [5, 5.41) is 10.6. The Morgan fingerprint density at radius 2 is 1.65 bits per heavy atom. The van der Waals surface area contributed by atoms with Gasteiger partial charge in [0.2, 0.25) is 0 Å². The highest BCUT2D eigenvalue weighted by atomic mass is 35.5. The van der Waals surface area contributed by atoms with Crippen molar-refractivity contribution in [2.24, 2.45) is 7.05 Å². The normalized spacial score (nSPS) is 11.0. The Hall–Kier alpha value is -1.27. The summed E-state index contributed by atoms with van der Waals surface area (Å²) >= 11 is 19.4. The molecule has 0 N–H and O–H groups in total. The second-order valence-corrected chi connectivity index (χ2v) is 6.94. The van der Waals surface area contributed by atoms with Gasteiger partial charge in [0.05, 0.1) is 0 Å². The molecule has 3 aromatic rings. The fourth-order valence-electron chi connectivity index (χ4n) is 2.01. The van der Waals surface area contributed by atoms with E-state index in [-0.39, 0.29) is 0 Å². The van der Waals surface area contributed by atoms with Gasteiger partial charge in [-0.3, -0.25) is 0 Å². The maximum Gasteiger partial charge on any atom is 0.191 e. The van der Waals surface area contributed by atoms with E-state index in [0.29, 0.717) is 16.1 Å². The average Bonchev–Trinajstić information content (AvgIpc) is 2.87. The van der Waals surface area contributed by atoms with Gasteiger partial charge in [-0.25, -0.2) is 4.98 Å². The predicted octanol–water partition coefficient (Wildman–Crippen LogP) is 5.13. The van der Waals surface area contributed by atoms with Crippen molar-refractivity contribution < 1.29 is 0 Å². The molecule has 0 saturated carbocycles. The molecule has 23 heavy (non-hydrogen) atoms. The molecule has 0 fully saturated rings. The van der Waals surface area contributed by atoms with Crippen molar-refractivity contribution in [1.82, 2.24) is 19.7 Å². The van der Waals surface area contributed by atoms with Gasteiger partial charge >= 0.3 is 0 Å². The van der Waals surface area contributed by atoms with Crippen LogP contribution >= 0.6 is 46.6 Å². The van der Waals surface area contributed by atoms with Crippen molar-refractivity contribution in [3.05, 3.63) is 57.3 Å². The van der Waals surface area contributed by atoms with Crippen LogP contribution in [0.2, 0.25) is 15.3 Å². The summed E-state index contributed by atoms with van der Waals surface area (Å²) in [6, 6.07) is 11.2. The monoisotopic (exact) mass is 384 g/mol. The number of halogens is 3. The van der Waals surface area contributed by atoms with Crippen molar-refractivity contribution >= 4 is 46.6 Å². The van der Waals surface area contributed by atoms with Crippen molar-refractivity contribution in [3.63, 3.8) is 0 Å². The molecule has 0 aliphatic carbocycles. The van der Waals surface area contributed by atoms with Crippen molar-refractivity contribution in [1.29, 1.82) is 0 Å². The van der Waals surface area contributed by atoms with Crippen LogP contribution in [0.1, 0.15) is 5.56 Å². The average molecular weight is 386 g/mol. The molecule has 0 aliphatic heterocycles. The number of hydrogen-bond donors (Lipinski definition) is 0. The van der Waals surface area contributed by atoms with Crippen LogP contribution in [0.4, 0.5) is 0 Å². The number of aromatic nitrogens is 4. The number of thioether (sulfide) groups is 1. The third-order valence-electron chi connectivity index (χ3n) is 3.14. The quantitative estimate of drug-likeness (QED) is 0.461. The predicted molar refractivity (Wildman–Crippen MR) is 95.3 cm³/mol. The van der Waals surface area contributed by atoms with Gasteiger partial charge in [-0.2, -0.15) is 0 Å². The zero-order valence-electron chi connectivity index (χ0n) is 12.0. The number of hydrogen-bond acceptors (Lipinski definition) is 4. The number of benzene rings is 1. The van der Waals surface area contributed by atoms with Gasteiger partial charge < -0.3 is 4.57 Å². The molecule has 4 nitrogen and oxygen atoms in total. The molecule has 2 heterocycles. The molecule has 2 aromatic heterocycles. The summed E-state index contributed by atoms with van der Waals surface area (Å²) in [5.74, 6) is 1.47. The van der Waals surface area contributed by atoms with Crippen LogP contribution < -0.4 is 0 Å². The Labute approximate surface area is 152 Å². The molecular formula is C15H11Cl3N4S. The van der Waals surface area contributed by atoms with E-state index in [2.05, 4.69) is 15.2 Å². The van der Waals surface area contributed by atoms with Crippen molar-refractivity contribution in [3.8, 4) is 11.4 Å². The highest BCUT2D eigenvalue weighted by Gasteiger charge is 2.13. The van der Waals surface area contributed by atoms with Gasteiger partial charge in [0.25, 0.3) is 0 Å². The Kier molecular flexibility index (Phi) is 5.11. The van der Waals surface area contributed by atoms with E-state index in [0.717, 1.165) is 21.5 Å². The van der Waals surface area contributed by atoms with Crippen LogP contribution in [0.5, 0.6) is 0 Å². The van der Waals surface area contributed by atoms with Gasteiger partial charge in [0.1, 0.15) is 10.3 Å². The lowest BCUT2D eigenvalue weighted by Crippen LogP contribution is -1.95. The van der Waals surface area contributed by atoms with Crippen LogP contribution in [-0.2, 0) is 12.8 Å².